The quantitative estimate of drug-likeness (QED) is 0.436. The standard InChI is InChI=1S/C11H10N2O2/c1-2-6-12-7-5-9-3-4-10(13(14)15)8-11(9)12/h2-5,7-8H,1,6H2. The summed E-state index contributed by atoms with van der Waals surface area (Å²) in [6.07, 6.45) is 3.66. The highest BCUT2D eigenvalue weighted by Gasteiger charge is 2.08. The van der Waals surface area contributed by atoms with Crippen LogP contribution in [0, 0.1) is 10.1 Å². The Hall–Kier alpha value is -2.10. The van der Waals surface area contributed by atoms with Crippen LogP contribution in [0.5, 0.6) is 0 Å². The van der Waals surface area contributed by atoms with Crippen molar-refractivity contribution in [3.05, 3.63) is 53.2 Å². The Balaban J connectivity index is 2.60. The van der Waals surface area contributed by atoms with Crippen molar-refractivity contribution < 1.29 is 4.92 Å². The largest absolute Gasteiger partial charge is 0.343 e. The van der Waals surface area contributed by atoms with Crippen LogP contribution in [0.25, 0.3) is 10.9 Å². The zero-order chi connectivity index (χ0) is 10.8. The molecule has 0 aliphatic carbocycles. The minimum Gasteiger partial charge on any atom is -0.343 e. The summed E-state index contributed by atoms with van der Waals surface area (Å²) in [4.78, 5) is 10.2. The molecular formula is C11H10N2O2. The van der Waals surface area contributed by atoms with E-state index in [9.17, 15) is 10.1 Å². The van der Waals surface area contributed by atoms with Gasteiger partial charge >= 0.3 is 0 Å². The second kappa shape index (κ2) is 3.57. The monoisotopic (exact) mass is 202 g/mol. The number of allylic oxidation sites excluding steroid dienone is 1. The molecule has 0 aliphatic heterocycles. The van der Waals surface area contributed by atoms with Crippen LogP contribution in [-0.2, 0) is 6.54 Å². The molecule has 1 aromatic carbocycles. The van der Waals surface area contributed by atoms with E-state index in [1.165, 1.54) is 6.07 Å². The number of fused-ring (bicyclic) bond motifs is 1. The number of non-ortho nitro benzene ring substituents is 1. The Morgan fingerprint density at radius 1 is 1.47 bits per heavy atom. The molecule has 0 bridgehead atoms. The van der Waals surface area contributed by atoms with Crippen molar-refractivity contribution in [1.82, 2.24) is 4.57 Å². The number of nitro benzene ring substituents is 1. The maximum absolute atomic E-state index is 10.6. The smallest absolute Gasteiger partial charge is 0.271 e. The summed E-state index contributed by atoms with van der Waals surface area (Å²) in [6, 6.07) is 6.79. The van der Waals surface area contributed by atoms with Crippen molar-refractivity contribution in [3.8, 4) is 0 Å². The minimum absolute atomic E-state index is 0.117. The van der Waals surface area contributed by atoms with Crippen molar-refractivity contribution in [2.24, 2.45) is 0 Å². The lowest BCUT2D eigenvalue weighted by Crippen LogP contribution is -1.93. The summed E-state index contributed by atoms with van der Waals surface area (Å²) >= 11 is 0. The van der Waals surface area contributed by atoms with Crippen LogP contribution >= 0.6 is 0 Å². The maximum atomic E-state index is 10.6. The molecular weight excluding hydrogens is 192 g/mol. The average molecular weight is 202 g/mol. The Morgan fingerprint density at radius 2 is 2.27 bits per heavy atom. The van der Waals surface area contributed by atoms with Crippen LogP contribution < -0.4 is 0 Å². The van der Waals surface area contributed by atoms with Gasteiger partial charge in [0.05, 0.1) is 10.4 Å². The molecule has 2 aromatic rings. The third-order valence-corrected chi connectivity index (χ3v) is 2.29. The van der Waals surface area contributed by atoms with E-state index in [-0.39, 0.29) is 10.6 Å². The molecule has 0 spiro atoms. The number of benzene rings is 1. The van der Waals surface area contributed by atoms with E-state index in [1.807, 2.05) is 16.8 Å². The van der Waals surface area contributed by atoms with Crippen LogP contribution in [0.3, 0.4) is 0 Å². The lowest BCUT2D eigenvalue weighted by molar-refractivity contribution is -0.384. The van der Waals surface area contributed by atoms with Gasteiger partial charge in [0.25, 0.3) is 5.69 Å². The fraction of sp³-hybridized carbons (Fsp3) is 0.0909. The highest BCUT2D eigenvalue weighted by atomic mass is 16.6. The number of nitrogens with zero attached hydrogens (tertiary/aromatic N) is 2. The molecule has 76 valence electrons. The Bertz CT molecular complexity index is 528. The molecule has 1 aromatic heterocycles. The molecule has 0 aliphatic rings. The average Bonchev–Trinajstić information content (AvgIpc) is 2.61. The molecule has 0 unspecified atom stereocenters. The van der Waals surface area contributed by atoms with Gasteiger partial charge in [0.2, 0.25) is 0 Å². The zero-order valence-electron chi connectivity index (χ0n) is 8.09. The van der Waals surface area contributed by atoms with E-state index in [2.05, 4.69) is 6.58 Å². The Kier molecular flexibility index (Phi) is 2.25. The van der Waals surface area contributed by atoms with Gasteiger partial charge in [-0.05, 0) is 12.1 Å². The first-order chi connectivity index (χ1) is 7.22. The molecule has 4 heteroatoms. The summed E-state index contributed by atoms with van der Waals surface area (Å²) in [7, 11) is 0. The van der Waals surface area contributed by atoms with E-state index in [0.29, 0.717) is 6.54 Å². The normalized spacial score (nSPS) is 10.4. The van der Waals surface area contributed by atoms with Gasteiger partial charge in [-0.3, -0.25) is 10.1 Å². The third kappa shape index (κ3) is 1.61. The van der Waals surface area contributed by atoms with Crippen LogP contribution in [0.15, 0.2) is 43.1 Å². The molecule has 0 saturated heterocycles. The van der Waals surface area contributed by atoms with E-state index < -0.39 is 0 Å². The van der Waals surface area contributed by atoms with Crippen molar-refractivity contribution in [2.75, 3.05) is 0 Å². The van der Waals surface area contributed by atoms with Crippen molar-refractivity contribution >= 4 is 16.6 Å². The molecule has 2 rings (SSSR count). The molecule has 0 amide bonds. The van der Waals surface area contributed by atoms with E-state index in [0.717, 1.165) is 10.9 Å². The predicted octanol–water partition coefficient (Wildman–Crippen LogP) is 2.74. The van der Waals surface area contributed by atoms with Gasteiger partial charge in [-0.2, -0.15) is 0 Å². The lowest BCUT2D eigenvalue weighted by atomic mass is 10.2. The first-order valence-corrected chi connectivity index (χ1v) is 4.56. The number of rotatable bonds is 3. The molecule has 0 fully saturated rings. The highest BCUT2D eigenvalue weighted by molar-refractivity contribution is 5.82. The van der Waals surface area contributed by atoms with E-state index >= 15 is 0 Å². The van der Waals surface area contributed by atoms with Crippen molar-refractivity contribution in [2.45, 2.75) is 6.54 Å². The molecule has 1 heterocycles. The van der Waals surface area contributed by atoms with Gasteiger partial charge in [0.1, 0.15) is 0 Å². The van der Waals surface area contributed by atoms with Crippen LogP contribution in [0.4, 0.5) is 5.69 Å². The number of aromatic nitrogens is 1. The molecule has 0 N–H and O–H groups in total. The van der Waals surface area contributed by atoms with Gasteiger partial charge in [-0.25, -0.2) is 0 Å². The van der Waals surface area contributed by atoms with Crippen LogP contribution in [0.1, 0.15) is 0 Å². The van der Waals surface area contributed by atoms with E-state index in [1.54, 1.807) is 18.2 Å². The minimum atomic E-state index is -0.384. The fourth-order valence-electron chi connectivity index (χ4n) is 1.58. The SMILES string of the molecule is C=CCn1ccc2ccc([N+](=O)[O-])cc21. The topological polar surface area (TPSA) is 48.1 Å². The summed E-state index contributed by atoms with van der Waals surface area (Å²) in [6.45, 7) is 4.30. The third-order valence-electron chi connectivity index (χ3n) is 2.29. The summed E-state index contributed by atoms with van der Waals surface area (Å²) in [5.41, 5.74) is 0.982. The Labute approximate surface area is 86.6 Å². The molecule has 0 saturated carbocycles. The Morgan fingerprint density at radius 3 is 2.93 bits per heavy atom. The van der Waals surface area contributed by atoms with Crippen LogP contribution in [-0.4, -0.2) is 9.49 Å². The zero-order valence-corrected chi connectivity index (χ0v) is 8.09. The van der Waals surface area contributed by atoms with Crippen molar-refractivity contribution in [1.29, 1.82) is 0 Å². The van der Waals surface area contributed by atoms with E-state index in [4.69, 9.17) is 0 Å². The molecule has 4 nitrogen and oxygen atoms in total. The predicted molar refractivity (Wildman–Crippen MR) is 58.8 cm³/mol. The maximum Gasteiger partial charge on any atom is 0.271 e. The van der Waals surface area contributed by atoms with Crippen molar-refractivity contribution in [3.63, 3.8) is 0 Å². The number of hydrogen-bond acceptors (Lipinski definition) is 2. The van der Waals surface area contributed by atoms with Gasteiger partial charge < -0.3 is 4.57 Å². The summed E-state index contributed by atoms with van der Waals surface area (Å²) < 4.78 is 1.93. The first-order valence-electron chi connectivity index (χ1n) is 4.56. The number of nitro groups is 1. The van der Waals surface area contributed by atoms with Gasteiger partial charge in [0, 0.05) is 30.3 Å². The highest BCUT2D eigenvalue weighted by Crippen LogP contribution is 2.21. The second-order valence-corrected chi connectivity index (χ2v) is 3.26. The first kappa shape index (κ1) is 9.45. The molecule has 0 atom stereocenters. The fourth-order valence-corrected chi connectivity index (χ4v) is 1.58. The second-order valence-electron chi connectivity index (χ2n) is 3.26. The van der Waals surface area contributed by atoms with Gasteiger partial charge in [0.15, 0.2) is 0 Å². The van der Waals surface area contributed by atoms with Crippen LogP contribution in [0.2, 0.25) is 0 Å². The summed E-state index contributed by atoms with van der Waals surface area (Å²) in [5.74, 6) is 0. The van der Waals surface area contributed by atoms with Gasteiger partial charge in [-0.15, -0.1) is 6.58 Å². The summed E-state index contributed by atoms with van der Waals surface area (Å²) in [5, 5.41) is 11.6. The number of hydrogen-bond donors (Lipinski definition) is 0. The molecule has 15 heavy (non-hydrogen) atoms. The molecule has 0 radical (unpaired) electrons. The van der Waals surface area contributed by atoms with Gasteiger partial charge in [-0.1, -0.05) is 6.08 Å². The lowest BCUT2D eigenvalue weighted by Gasteiger charge is -2.00.